The van der Waals surface area contributed by atoms with Gasteiger partial charge in [0.2, 0.25) is 0 Å². The molecule has 0 bridgehead atoms. The van der Waals surface area contributed by atoms with Crippen LogP contribution in [0.3, 0.4) is 0 Å². The van der Waals surface area contributed by atoms with Crippen molar-refractivity contribution >= 4 is 0 Å². The van der Waals surface area contributed by atoms with Crippen LogP contribution in [0.1, 0.15) is 36.0 Å². The molecule has 4 rings (SSSR count). The first-order valence-electron chi connectivity index (χ1n) is 9.64. The maximum atomic E-state index is 11.5. The maximum absolute atomic E-state index is 11.5. The second kappa shape index (κ2) is 7.91. The summed E-state index contributed by atoms with van der Waals surface area (Å²) in [6, 6.07) is 17.2. The molecule has 2 heterocycles. The number of rotatable bonds is 5. The van der Waals surface area contributed by atoms with Crippen LogP contribution in [0.2, 0.25) is 0 Å². The normalized spacial score (nSPS) is 33.4. The lowest BCUT2D eigenvalue weighted by Gasteiger charge is -2.41. The Morgan fingerprint density at radius 2 is 1.75 bits per heavy atom. The summed E-state index contributed by atoms with van der Waals surface area (Å²) in [6.45, 7) is 1.58. The Labute approximate surface area is 164 Å². The van der Waals surface area contributed by atoms with Crippen molar-refractivity contribution in [2.75, 3.05) is 13.2 Å². The van der Waals surface area contributed by atoms with Gasteiger partial charge in [0, 0.05) is 5.56 Å². The molecular weight excluding hydrogens is 360 g/mol. The maximum Gasteiger partial charge on any atom is 0.184 e. The lowest BCUT2D eigenvalue weighted by Crippen LogP contribution is -2.56. The van der Waals surface area contributed by atoms with Gasteiger partial charge in [0.15, 0.2) is 6.29 Å². The smallest absolute Gasteiger partial charge is 0.184 e. The molecule has 28 heavy (non-hydrogen) atoms. The number of aliphatic hydroxyl groups excluding tert-OH is 2. The minimum atomic E-state index is -1.47. The number of aryl methyl sites for hydroxylation is 1. The standard InChI is InChI=1S/C22H26O6/c1-2-14-8-10-15(11-9-14)19-22(25)13-26-21(16-6-4-3-5-7-16)28-20(22)18(27-19)17(24)12-23/h3-11,17-21,23-25H,2,12-13H2,1H3/t17?,18-,19?,20+,21?,22-/m1/s1. The van der Waals surface area contributed by atoms with Crippen LogP contribution < -0.4 is 0 Å². The van der Waals surface area contributed by atoms with Crippen molar-refractivity contribution in [1.29, 1.82) is 0 Å². The fourth-order valence-electron chi connectivity index (χ4n) is 3.99. The van der Waals surface area contributed by atoms with Crippen LogP contribution >= 0.6 is 0 Å². The summed E-state index contributed by atoms with van der Waals surface area (Å²) in [5.74, 6) is 0. The molecule has 0 aromatic heterocycles. The molecule has 0 saturated carbocycles. The first-order valence-corrected chi connectivity index (χ1v) is 9.64. The minimum absolute atomic E-state index is 0.00787. The van der Waals surface area contributed by atoms with Gasteiger partial charge in [-0.05, 0) is 17.5 Å². The lowest BCUT2D eigenvalue weighted by atomic mass is 9.85. The monoisotopic (exact) mass is 386 g/mol. The third kappa shape index (κ3) is 3.37. The van der Waals surface area contributed by atoms with Crippen molar-refractivity contribution in [3.63, 3.8) is 0 Å². The fourth-order valence-corrected chi connectivity index (χ4v) is 3.99. The van der Waals surface area contributed by atoms with Crippen molar-refractivity contribution in [1.82, 2.24) is 0 Å². The highest BCUT2D eigenvalue weighted by Crippen LogP contribution is 2.49. The largest absolute Gasteiger partial charge is 0.394 e. The van der Waals surface area contributed by atoms with Crippen LogP contribution in [0, 0.1) is 0 Å². The summed E-state index contributed by atoms with van der Waals surface area (Å²) in [6.07, 6.45) is -3.39. The average Bonchev–Trinajstić information content (AvgIpc) is 3.06. The molecule has 0 radical (unpaired) electrons. The third-order valence-corrected chi connectivity index (χ3v) is 5.60. The average molecular weight is 386 g/mol. The van der Waals surface area contributed by atoms with Gasteiger partial charge in [0.1, 0.15) is 30.0 Å². The second-order valence-electron chi connectivity index (χ2n) is 7.43. The number of hydrogen-bond acceptors (Lipinski definition) is 6. The summed E-state index contributed by atoms with van der Waals surface area (Å²) >= 11 is 0. The Morgan fingerprint density at radius 3 is 2.39 bits per heavy atom. The number of aliphatic hydroxyl groups is 3. The van der Waals surface area contributed by atoms with E-state index in [1.165, 1.54) is 5.56 Å². The van der Waals surface area contributed by atoms with E-state index in [-0.39, 0.29) is 6.61 Å². The highest BCUT2D eigenvalue weighted by atomic mass is 16.7. The van der Waals surface area contributed by atoms with E-state index in [2.05, 4.69) is 6.92 Å². The Balaban J connectivity index is 1.65. The molecule has 0 aliphatic carbocycles. The summed E-state index contributed by atoms with van der Waals surface area (Å²) < 4.78 is 17.9. The van der Waals surface area contributed by atoms with E-state index in [1.807, 2.05) is 54.6 Å². The minimum Gasteiger partial charge on any atom is -0.394 e. The van der Waals surface area contributed by atoms with Crippen LogP contribution in [-0.2, 0) is 20.6 Å². The predicted molar refractivity (Wildman–Crippen MR) is 101 cm³/mol. The summed E-state index contributed by atoms with van der Waals surface area (Å²) in [7, 11) is 0. The van der Waals surface area contributed by atoms with Gasteiger partial charge in [0.25, 0.3) is 0 Å². The van der Waals surface area contributed by atoms with Gasteiger partial charge >= 0.3 is 0 Å². The fraction of sp³-hybridized carbons (Fsp3) is 0.455. The van der Waals surface area contributed by atoms with Crippen molar-refractivity contribution in [2.24, 2.45) is 0 Å². The Bertz CT molecular complexity index is 779. The second-order valence-corrected chi connectivity index (χ2v) is 7.43. The topological polar surface area (TPSA) is 88.4 Å². The molecule has 2 aromatic rings. The summed E-state index contributed by atoms with van der Waals surface area (Å²) in [5.41, 5.74) is 1.30. The van der Waals surface area contributed by atoms with Gasteiger partial charge in [-0.15, -0.1) is 0 Å². The van der Waals surface area contributed by atoms with E-state index >= 15 is 0 Å². The number of ether oxygens (including phenoxy) is 3. The van der Waals surface area contributed by atoms with Gasteiger partial charge in [-0.25, -0.2) is 0 Å². The number of benzene rings is 2. The first-order chi connectivity index (χ1) is 13.6. The zero-order valence-corrected chi connectivity index (χ0v) is 15.8. The van der Waals surface area contributed by atoms with Crippen molar-refractivity contribution < 1.29 is 29.5 Å². The van der Waals surface area contributed by atoms with Gasteiger partial charge in [-0.2, -0.15) is 0 Å². The Kier molecular flexibility index (Phi) is 5.51. The molecule has 2 saturated heterocycles. The SMILES string of the molecule is CCc1ccc(C2O[C@H](C(O)CO)[C@@H]3OC(c4ccccc4)OC[C@@]23O)cc1. The van der Waals surface area contributed by atoms with E-state index in [0.717, 1.165) is 17.5 Å². The van der Waals surface area contributed by atoms with E-state index in [1.54, 1.807) is 0 Å². The molecule has 3 unspecified atom stereocenters. The summed E-state index contributed by atoms with van der Waals surface area (Å²) in [4.78, 5) is 0. The summed E-state index contributed by atoms with van der Waals surface area (Å²) in [5, 5.41) is 31.2. The van der Waals surface area contributed by atoms with Crippen LogP contribution in [0.4, 0.5) is 0 Å². The Morgan fingerprint density at radius 1 is 1.04 bits per heavy atom. The van der Waals surface area contributed by atoms with E-state index < -0.39 is 42.9 Å². The number of hydrogen-bond donors (Lipinski definition) is 3. The van der Waals surface area contributed by atoms with Crippen LogP contribution in [0.25, 0.3) is 0 Å². The molecule has 6 atom stereocenters. The zero-order valence-electron chi connectivity index (χ0n) is 15.8. The van der Waals surface area contributed by atoms with E-state index in [4.69, 9.17) is 14.2 Å². The predicted octanol–water partition coefficient (Wildman–Crippen LogP) is 1.89. The number of fused-ring (bicyclic) bond motifs is 1. The van der Waals surface area contributed by atoms with Crippen molar-refractivity contribution in [3.05, 3.63) is 71.3 Å². The van der Waals surface area contributed by atoms with Gasteiger partial charge in [-0.3, -0.25) is 0 Å². The van der Waals surface area contributed by atoms with Gasteiger partial charge < -0.3 is 29.5 Å². The van der Waals surface area contributed by atoms with Gasteiger partial charge in [-0.1, -0.05) is 61.5 Å². The van der Waals surface area contributed by atoms with Crippen LogP contribution in [0.5, 0.6) is 0 Å². The molecule has 2 fully saturated rings. The molecule has 6 heteroatoms. The van der Waals surface area contributed by atoms with E-state index in [9.17, 15) is 15.3 Å². The van der Waals surface area contributed by atoms with E-state index in [0.29, 0.717) is 0 Å². The lowest BCUT2D eigenvalue weighted by molar-refractivity contribution is -0.292. The Hall–Kier alpha value is -1.80. The zero-order chi connectivity index (χ0) is 19.7. The molecule has 0 spiro atoms. The molecule has 150 valence electrons. The first kappa shape index (κ1) is 19.5. The molecule has 6 nitrogen and oxygen atoms in total. The molecule has 3 N–H and O–H groups in total. The molecule has 2 aliphatic heterocycles. The molecule has 0 amide bonds. The molecule has 2 aromatic carbocycles. The van der Waals surface area contributed by atoms with Crippen LogP contribution in [0.15, 0.2) is 54.6 Å². The van der Waals surface area contributed by atoms with Crippen molar-refractivity contribution in [2.45, 2.75) is 49.7 Å². The van der Waals surface area contributed by atoms with Crippen molar-refractivity contribution in [3.8, 4) is 0 Å². The highest BCUT2D eigenvalue weighted by molar-refractivity contribution is 5.29. The molecular formula is C22H26O6. The van der Waals surface area contributed by atoms with Crippen LogP contribution in [-0.4, -0.2) is 52.4 Å². The molecule has 2 aliphatic rings. The quantitative estimate of drug-likeness (QED) is 0.727. The van der Waals surface area contributed by atoms with Gasteiger partial charge in [0.05, 0.1) is 13.2 Å². The third-order valence-electron chi connectivity index (χ3n) is 5.60. The highest BCUT2D eigenvalue weighted by Gasteiger charge is 2.61.